The van der Waals surface area contributed by atoms with Gasteiger partial charge in [0.05, 0.1) is 16.8 Å². The molecule has 0 aliphatic carbocycles. The van der Waals surface area contributed by atoms with Crippen LogP contribution in [0.4, 0.5) is 10.1 Å². The first-order chi connectivity index (χ1) is 9.19. The van der Waals surface area contributed by atoms with Gasteiger partial charge in [0.1, 0.15) is 5.60 Å². The molecule has 2 N–H and O–H groups in total. The number of benzene rings is 1. The van der Waals surface area contributed by atoms with E-state index >= 15 is 0 Å². The second kappa shape index (κ2) is 4.96. The fraction of sp³-hybridized carbons (Fsp3) is 0.429. The molecule has 0 radical (unpaired) electrons. The highest BCUT2D eigenvalue weighted by atomic mass is 19.1. The molecule has 0 aliphatic rings. The van der Waals surface area contributed by atoms with Crippen molar-refractivity contribution in [1.29, 1.82) is 0 Å². The molecular formula is C14H18FN3O2. The van der Waals surface area contributed by atoms with Gasteiger partial charge >= 0.3 is 6.08 Å². The fourth-order valence-corrected chi connectivity index (χ4v) is 1.39. The molecule has 0 bridgehead atoms. The third kappa shape index (κ3) is 3.02. The first-order valence-electron chi connectivity index (χ1n) is 6.28. The molecule has 0 amide bonds. The Labute approximate surface area is 116 Å². The number of hydrogen-bond donors (Lipinski definition) is 2. The van der Waals surface area contributed by atoms with E-state index in [9.17, 15) is 9.50 Å². The lowest BCUT2D eigenvalue weighted by atomic mass is 9.90. The van der Waals surface area contributed by atoms with Gasteiger partial charge < -0.3 is 5.11 Å². The summed E-state index contributed by atoms with van der Waals surface area (Å²) in [5.74, 6) is 0. The lowest BCUT2D eigenvalue weighted by Crippen LogP contribution is -2.48. The van der Waals surface area contributed by atoms with E-state index in [1.165, 1.54) is 6.20 Å². The molecule has 1 heterocycles. The number of rotatable bonds is 4. The molecule has 0 spiro atoms. The molecule has 2 rings (SSSR count). The fourth-order valence-electron chi connectivity index (χ4n) is 1.39. The number of fused-ring (bicyclic) bond motifs is 1. The van der Waals surface area contributed by atoms with E-state index in [0.717, 1.165) is 0 Å². The quantitative estimate of drug-likeness (QED) is 0.665. The van der Waals surface area contributed by atoms with Gasteiger partial charge in [-0.25, -0.2) is 9.97 Å². The predicted molar refractivity (Wildman–Crippen MR) is 74.6 cm³/mol. The van der Waals surface area contributed by atoms with Gasteiger partial charge in [0.15, 0.2) is 0 Å². The molecule has 0 unspecified atom stereocenters. The molecule has 6 heteroatoms. The van der Waals surface area contributed by atoms with Crippen molar-refractivity contribution in [2.75, 3.05) is 5.48 Å². The summed E-state index contributed by atoms with van der Waals surface area (Å²) in [6.07, 6.45) is 0.655. The molecule has 0 aliphatic heterocycles. The Morgan fingerprint density at radius 2 is 1.95 bits per heavy atom. The molecule has 1 aromatic carbocycles. The standard InChI is InChI=1S/C14H18FN3O2/c1-13(2,19)14(3,4)20-18-10-5-6-11-9(7-10)8-16-12(15)17-11/h5-8,18-19H,1-4H3. The zero-order chi connectivity index (χ0) is 15.0. The Balaban J connectivity index is 2.17. The molecule has 0 saturated carbocycles. The van der Waals surface area contributed by atoms with Crippen molar-refractivity contribution in [2.24, 2.45) is 0 Å². The van der Waals surface area contributed by atoms with Crippen molar-refractivity contribution in [3.05, 3.63) is 30.5 Å². The Hall–Kier alpha value is -1.79. The lowest BCUT2D eigenvalue weighted by Gasteiger charge is -2.36. The molecule has 108 valence electrons. The second-order valence-electron chi connectivity index (χ2n) is 5.69. The van der Waals surface area contributed by atoms with E-state index in [1.807, 2.05) is 0 Å². The number of hydrogen-bond acceptors (Lipinski definition) is 5. The minimum absolute atomic E-state index is 0.518. The molecule has 2 aromatic rings. The molecule has 0 atom stereocenters. The summed E-state index contributed by atoms with van der Waals surface area (Å²) in [5.41, 5.74) is 2.18. The Kier molecular flexibility index (Phi) is 3.62. The van der Waals surface area contributed by atoms with Crippen molar-refractivity contribution >= 4 is 16.6 Å². The van der Waals surface area contributed by atoms with Gasteiger partial charge in [0.25, 0.3) is 0 Å². The average molecular weight is 279 g/mol. The van der Waals surface area contributed by atoms with Crippen LogP contribution < -0.4 is 5.48 Å². The average Bonchev–Trinajstić information content (AvgIpc) is 2.35. The highest BCUT2D eigenvalue weighted by Crippen LogP contribution is 2.26. The molecule has 1 aromatic heterocycles. The largest absolute Gasteiger partial charge is 0.387 e. The van der Waals surface area contributed by atoms with E-state index in [1.54, 1.807) is 45.9 Å². The smallest absolute Gasteiger partial charge is 0.309 e. The van der Waals surface area contributed by atoms with Crippen LogP contribution in [0, 0.1) is 6.08 Å². The van der Waals surface area contributed by atoms with Gasteiger partial charge in [0.2, 0.25) is 0 Å². The van der Waals surface area contributed by atoms with E-state index < -0.39 is 17.3 Å². The zero-order valence-corrected chi connectivity index (χ0v) is 11.9. The van der Waals surface area contributed by atoms with E-state index in [-0.39, 0.29) is 0 Å². The van der Waals surface area contributed by atoms with Gasteiger partial charge in [-0.05, 0) is 45.9 Å². The van der Waals surface area contributed by atoms with Crippen LogP contribution in [0.1, 0.15) is 27.7 Å². The van der Waals surface area contributed by atoms with Crippen LogP contribution in [0.15, 0.2) is 24.4 Å². The minimum Gasteiger partial charge on any atom is -0.387 e. The van der Waals surface area contributed by atoms with E-state index in [4.69, 9.17) is 4.84 Å². The van der Waals surface area contributed by atoms with Crippen molar-refractivity contribution in [3.8, 4) is 0 Å². The first-order valence-corrected chi connectivity index (χ1v) is 6.28. The van der Waals surface area contributed by atoms with Crippen molar-refractivity contribution in [2.45, 2.75) is 38.9 Å². The van der Waals surface area contributed by atoms with Crippen LogP contribution in [-0.2, 0) is 4.84 Å². The summed E-state index contributed by atoms with van der Waals surface area (Å²) in [5, 5.41) is 10.7. The zero-order valence-electron chi connectivity index (χ0n) is 11.9. The van der Waals surface area contributed by atoms with E-state index in [0.29, 0.717) is 16.6 Å². The van der Waals surface area contributed by atoms with Gasteiger partial charge in [-0.1, -0.05) is 0 Å². The first kappa shape index (κ1) is 14.6. The summed E-state index contributed by atoms with van der Waals surface area (Å²) in [6.45, 7) is 6.90. The van der Waals surface area contributed by atoms with Crippen LogP contribution in [0.3, 0.4) is 0 Å². The molecule has 5 nitrogen and oxygen atoms in total. The van der Waals surface area contributed by atoms with E-state index in [2.05, 4.69) is 15.4 Å². The Bertz CT molecular complexity index is 623. The van der Waals surface area contributed by atoms with Gasteiger partial charge in [-0.15, -0.1) is 0 Å². The van der Waals surface area contributed by atoms with Crippen molar-refractivity contribution in [3.63, 3.8) is 0 Å². The Morgan fingerprint density at radius 1 is 1.25 bits per heavy atom. The summed E-state index contributed by atoms with van der Waals surface area (Å²) in [6, 6.07) is 5.13. The third-order valence-electron chi connectivity index (χ3n) is 3.45. The van der Waals surface area contributed by atoms with Crippen LogP contribution in [0.25, 0.3) is 10.9 Å². The number of nitrogens with one attached hydrogen (secondary N) is 1. The Morgan fingerprint density at radius 3 is 2.60 bits per heavy atom. The topological polar surface area (TPSA) is 67.3 Å². The van der Waals surface area contributed by atoms with Crippen molar-refractivity contribution in [1.82, 2.24) is 9.97 Å². The van der Waals surface area contributed by atoms with Crippen LogP contribution >= 0.6 is 0 Å². The number of aliphatic hydroxyl groups is 1. The second-order valence-corrected chi connectivity index (χ2v) is 5.69. The normalized spacial score (nSPS) is 12.7. The summed E-state index contributed by atoms with van der Waals surface area (Å²) < 4.78 is 12.9. The highest BCUT2D eigenvalue weighted by molar-refractivity contribution is 5.81. The molecule has 0 saturated heterocycles. The molecular weight excluding hydrogens is 261 g/mol. The summed E-state index contributed by atoms with van der Waals surface area (Å²) in [4.78, 5) is 12.7. The maximum absolute atomic E-state index is 12.9. The van der Waals surface area contributed by atoms with Gasteiger partial charge in [0, 0.05) is 11.6 Å². The monoisotopic (exact) mass is 279 g/mol. The van der Waals surface area contributed by atoms with Crippen LogP contribution in [0.5, 0.6) is 0 Å². The van der Waals surface area contributed by atoms with Gasteiger partial charge in [-0.3, -0.25) is 10.3 Å². The highest BCUT2D eigenvalue weighted by Gasteiger charge is 2.37. The van der Waals surface area contributed by atoms with Gasteiger partial charge in [-0.2, -0.15) is 4.39 Å². The van der Waals surface area contributed by atoms with Crippen molar-refractivity contribution < 1.29 is 14.3 Å². The predicted octanol–water partition coefficient (Wildman–Crippen LogP) is 2.66. The van der Waals surface area contributed by atoms with Crippen LogP contribution in [-0.4, -0.2) is 26.3 Å². The number of nitrogens with zero attached hydrogens (tertiary/aromatic N) is 2. The summed E-state index contributed by atoms with van der Waals surface area (Å²) in [7, 11) is 0. The molecule has 20 heavy (non-hydrogen) atoms. The number of anilines is 1. The number of halogens is 1. The maximum Gasteiger partial charge on any atom is 0.309 e. The number of aromatic nitrogens is 2. The summed E-state index contributed by atoms with van der Waals surface area (Å²) >= 11 is 0. The minimum atomic E-state index is -1.01. The third-order valence-corrected chi connectivity index (χ3v) is 3.45. The lowest BCUT2D eigenvalue weighted by molar-refractivity contribution is -0.130. The van der Waals surface area contributed by atoms with Crippen LogP contribution in [0.2, 0.25) is 0 Å². The SMILES string of the molecule is CC(C)(O)C(C)(C)ONc1ccc2nc(F)ncc2c1. The molecule has 0 fully saturated rings. The maximum atomic E-state index is 12.9.